The van der Waals surface area contributed by atoms with Crippen molar-refractivity contribution >= 4 is 5.82 Å². The van der Waals surface area contributed by atoms with Gasteiger partial charge in [-0.25, -0.2) is 0 Å². The summed E-state index contributed by atoms with van der Waals surface area (Å²) in [7, 11) is 1.96. The Morgan fingerprint density at radius 2 is 1.79 bits per heavy atom. The van der Waals surface area contributed by atoms with Gasteiger partial charge in [-0.15, -0.1) is 0 Å². The third-order valence-electron chi connectivity index (χ3n) is 4.06. The Hall–Kier alpha value is -1.77. The van der Waals surface area contributed by atoms with Crippen molar-refractivity contribution in [1.82, 2.24) is 9.78 Å². The number of benzene rings is 1. The zero-order chi connectivity index (χ0) is 13.1. The number of anilines is 1. The summed E-state index contributed by atoms with van der Waals surface area (Å²) in [6, 6.07) is 13.5. The minimum absolute atomic E-state index is 0.579. The van der Waals surface area contributed by atoms with E-state index in [2.05, 4.69) is 40.7 Å². The van der Waals surface area contributed by atoms with E-state index in [4.69, 9.17) is 0 Å². The van der Waals surface area contributed by atoms with Crippen molar-refractivity contribution in [1.29, 1.82) is 0 Å². The van der Waals surface area contributed by atoms with E-state index in [-0.39, 0.29) is 0 Å². The van der Waals surface area contributed by atoms with Gasteiger partial charge in [0.15, 0.2) is 0 Å². The van der Waals surface area contributed by atoms with Gasteiger partial charge in [-0.2, -0.15) is 5.10 Å². The van der Waals surface area contributed by atoms with E-state index in [1.54, 1.807) is 0 Å². The minimum Gasteiger partial charge on any atom is -0.366 e. The third-order valence-corrected chi connectivity index (χ3v) is 4.06. The smallest absolute Gasteiger partial charge is 0.148 e. The largest absolute Gasteiger partial charge is 0.366 e. The molecule has 0 aliphatic heterocycles. The van der Waals surface area contributed by atoms with Crippen LogP contribution < -0.4 is 5.32 Å². The molecule has 3 rings (SSSR count). The van der Waals surface area contributed by atoms with Crippen molar-refractivity contribution in [2.45, 2.75) is 37.6 Å². The second-order valence-corrected chi connectivity index (χ2v) is 5.48. The van der Waals surface area contributed by atoms with Gasteiger partial charge in [0.2, 0.25) is 0 Å². The number of nitrogens with one attached hydrogen (secondary N) is 1. The summed E-state index contributed by atoms with van der Waals surface area (Å²) in [5.41, 5.74) is 1.50. The SMILES string of the molecule is Cn1ccc(NC2CCC(c3ccccc3)CC2)n1. The van der Waals surface area contributed by atoms with Crippen LogP contribution in [0.1, 0.15) is 37.2 Å². The first kappa shape index (κ1) is 12.3. The molecule has 1 aliphatic rings. The first-order valence-electron chi connectivity index (χ1n) is 7.12. The van der Waals surface area contributed by atoms with E-state index in [1.807, 2.05) is 24.0 Å². The van der Waals surface area contributed by atoms with Crippen molar-refractivity contribution in [3.8, 4) is 0 Å². The normalized spacial score (nSPS) is 23.2. The van der Waals surface area contributed by atoms with Crippen molar-refractivity contribution in [3.05, 3.63) is 48.2 Å². The highest BCUT2D eigenvalue weighted by atomic mass is 15.3. The van der Waals surface area contributed by atoms with Crippen molar-refractivity contribution in [3.63, 3.8) is 0 Å². The molecule has 0 unspecified atom stereocenters. The van der Waals surface area contributed by atoms with Crippen LogP contribution in [0.5, 0.6) is 0 Å². The summed E-state index contributed by atoms with van der Waals surface area (Å²) in [5.74, 6) is 1.74. The van der Waals surface area contributed by atoms with Gasteiger partial charge in [0, 0.05) is 25.4 Å². The summed E-state index contributed by atoms with van der Waals surface area (Å²) in [6.45, 7) is 0. The van der Waals surface area contributed by atoms with Gasteiger partial charge in [0.25, 0.3) is 0 Å². The van der Waals surface area contributed by atoms with Crippen LogP contribution >= 0.6 is 0 Å². The number of rotatable bonds is 3. The molecule has 3 nitrogen and oxygen atoms in total. The van der Waals surface area contributed by atoms with Crippen molar-refractivity contribution in [2.75, 3.05) is 5.32 Å². The lowest BCUT2D eigenvalue weighted by atomic mass is 9.82. The second-order valence-electron chi connectivity index (χ2n) is 5.48. The maximum absolute atomic E-state index is 4.39. The summed E-state index contributed by atoms with van der Waals surface area (Å²) in [5, 5.41) is 7.93. The number of hydrogen-bond acceptors (Lipinski definition) is 2. The molecule has 0 radical (unpaired) electrons. The highest BCUT2D eigenvalue weighted by molar-refractivity contribution is 5.34. The fourth-order valence-electron chi connectivity index (χ4n) is 3.00. The Balaban J connectivity index is 1.55. The Kier molecular flexibility index (Phi) is 3.53. The fraction of sp³-hybridized carbons (Fsp3) is 0.438. The fourth-order valence-corrected chi connectivity index (χ4v) is 3.00. The van der Waals surface area contributed by atoms with E-state index in [0.29, 0.717) is 6.04 Å². The highest BCUT2D eigenvalue weighted by Crippen LogP contribution is 2.33. The van der Waals surface area contributed by atoms with Crippen LogP contribution in [-0.2, 0) is 7.05 Å². The van der Waals surface area contributed by atoms with Gasteiger partial charge in [-0.1, -0.05) is 30.3 Å². The van der Waals surface area contributed by atoms with Crippen molar-refractivity contribution in [2.24, 2.45) is 7.05 Å². The Bertz CT molecular complexity index is 510. The average Bonchev–Trinajstić information content (AvgIpc) is 2.86. The van der Waals surface area contributed by atoms with Gasteiger partial charge in [-0.3, -0.25) is 4.68 Å². The molecule has 1 aromatic heterocycles. The van der Waals surface area contributed by atoms with Gasteiger partial charge in [0.1, 0.15) is 5.82 Å². The Labute approximate surface area is 114 Å². The lowest BCUT2D eigenvalue weighted by Crippen LogP contribution is -2.25. The molecule has 0 spiro atoms. The topological polar surface area (TPSA) is 29.9 Å². The van der Waals surface area contributed by atoms with E-state index >= 15 is 0 Å². The predicted octanol–water partition coefficient (Wildman–Crippen LogP) is 3.56. The van der Waals surface area contributed by atoms with Crippen LogP contribution in [-0.4, -0.2) is 15.8 Å². The molecule has 1 aliphatic carbocycles. The molecule has 1 aromatic carbocycles. The monoisotopic (exact) mass is 255 g/mol. The van der Waals surface area contributed by atoms with Gasteiger partial charge in [-0.05, 0) is 37.2 Å². The zero-order valence-electron chi connectivity index (χ0n) is 11.4. The van der Waals surface area contributed by atoms with E-state index in [0.717, 1.165) is 11.7 Å². The quantitative estimate of drug-likeness (QED) is 0.909. The number of aryl methyl sites for hydroxylation is 1. The maximum atomic E-state index is 4.39. The molecular formula is C16H21N3. The van der Waals surface area contributed by atoms with Gasteiger partial charge in [0.05, 0.1) is 0 Å². The lowest BCUT2D eigenvalue weighted by Gasteiger charge is -2.29. The molecule has 0 amide bonds. The highest BCUT2D eigenvalue weighted by Gasteiger charge is 2.22. The summed E-state index contributed by atoms with van der Waals surface area (Å²) in [4.78, 5) is 0. The molecule has 1 N–H and O–H groups in total. The molecule has 0 atom stereocenters. The van der Waals surface area contributed by atoms with Crippen LogP contribution in [0.2, 0.25) is 0 Å². The third kappa shape index (κ3) is 2.98. The van der Waals surface area contributed by atoms with Gasteiger partial charge >= 0.3 is 0 Å². The standard InChI is InChI=1S/C16H21N3/c1-19-12-11-16(18-19)17-15-9-7-14(8-10-15)13-5-3-2-4-6-13/h2-6,11-12,14-15H,7-10H2,1H3,(H,17,18). The summed E-state index contributed by atoms with van der Waals surface area (Å²) < 4.78 is 1.85. The number of hydrogen-bond donors (Lipinski definition) is 1. The van der Waals surface area contributed by atoms with E-state index in [9.17, 15) is 0 Å². The summed E-state index contributed by atoms with van der Waals surface area (Å²) in [6.07, 6.45) is 6.99. The molecule has 1 saturated carbocycles. The first-order chi connectivity index (χ1) is 9.31. The molecule has 0 saturated heterocycles. The van der Waals surface area contributed by atoms with E-state index < -0.39 is 0 Å². The van der Waals surface area contributed by atoms with Crippen LogP contribution in [0.4, 0.5) is 5.82 Å². The number of aromatic nitrogens is 2. The molecule has 19 heavy (non-hydrogen) atoms. The molecule has 1 heterocycles. The predicted molar refractivity (Wildman–Crippen MR) is 78.3 cm³/mol. The molecule has 1 fully saturated rings. The first-order valence-corrected chi connectivity index (χ1v) is 7.12. The second kappa shape index (κ2) is 5.47. The molecule has 2 aromatic rings. The average molecular weight is 255 g/mol. The number of nitrogens with zero attached hydrogens (tertiary/aromatic N) is 2. The van der Waals surface area contributed by atoms with Crippen LogP contribution in [0, 0.1) is 0 Å². The Morgan fingerprint density at radius 3 is 2.42 bits per heavy atom. The molecular weight excluding hydrogens is 234 g/mol. The Morgan fingerprint density at radius 1 is 1.05 bits per heavy atom. The molecule has 3 heteroatoms. The van der Waals surface area contributed by atoms with E-state index in [1.165, 1.54) is 31.2 Å². The van der Waals surface area contributed by atoms with Gasteiger partial charge < -0.3 is 5.32 Å². The van der Waals surface area contributed by atoms with Crippen LogP contribution in [0.15, 0.2) is 42.6 Å². The van der Waals surface area contributed by atoms with Crippen molar-refractivity contribution < 1.29 is 0 Å². The summed E-state index contributed by atoms with van der Waals surface area (Å²) >= 11 is 0. The van der Waals surface area contributed by atoms with Crippen LogP contribution in [0.25, 0.3) is 0 Å². The maximum Gasteiger partial charge on any atom is 0.148 e. The zero-order valence-corrected chi connectivity index (χ0v) is 11.4. The minimum atomic E-state index is 0.579. The molecule has 100 valence electrons. The van der Waals surface area contributed by atoms with Crippen LogP contribution in [0.3, 0.4) is 0 Å². The lowest BCUT2D eigenvalue weighted by molar-refractivity contribution is 0.411. The molecule has 0 bridgehead atoms.